The minimum Gasteiger partial charge on any atom is -0.351 e. The van der Waals surface area contributed by atoms with Crippen molar-refractivity contribution in [1.82, 2.24) is 5.32 Å². The van der Waals surface area contributed by atoms with Crippen LogP contribution in [0.1, 0.15) is 22.3 Å². The van der Waals surface area contributed by atoms with Crippen molar-refractivity contribution < 1.29 is 18.4 Å². The summed E-state index contributed by atoms with van der Waals surface area (Å²) in [6.07, 6.45) is -0.0437. The summed E-state index contributed by atoms with van der Waals surface area (Å²) in [4.78, 5) is 23.7. The summed E-state index contributed by atoms with van der Waals surface area (Å²) < 4.78 is 26.5. The van der Waals surface area contributed by atoms with Gasteiger partial charge in [-0.2, -0.15) is 0 Å². The Bertz CT molecular complexity index is 781. The molecule has 0 aliphatic carbocycles. The predicted molar refractivity (Wildman–Crippen MR) is 88.1 cm³/mol. The number of benzene rings is 2. The van der Waals surface area contributed by atoms with Gasteiger partial charge in [0.2, 0.25) is 5.91 Å². The first kappa shape index (κ1) is 17.9. The van der Waals surface area contributed by atoms with Crippen LogP contribution in [0.2, 0.25) is 5.02 Å². The Kier molecular flexibility index (Phi) is 5.87. The van der Waals surface area contributed by atoms with Crippen molar-refractivity contribution in [2.45, 2.75) is 13.3 Å². The highest BCUT2D eigenvalue weighted by molar-refractivity contribution is 6.33. The van der Waals surface area contributed by atoms with Crippen molar-refractivity contribution in [1.29, 1.82) is 0 Å². The Labute approximate surface area is 142 Å². The van der Waals surface area contributed by atoms with Crippen LogP contribution in [0.5, 0.6) is 0 Å². The van der Waals surface area contributed by atoms with E-state index in [-0.39, 0.29) is 29.2 Å². The zero-order chi connectivity index (χ0) is 17.7. The smallest absolute Gasteiger partial charge is 0.252 e. The molecule has 2 rings (SSSR count). The molecule has 2 amide bonds. The lowest BCUT2D eigenvalue weighted by atomic mass is 10.2. The van der Waals surface area contributed by atoms with E-state index in [4.69, 9.17) is 11.6 Å². The molecule has 7 heteroatoms. The van der Waals surface area contributed by atoms with Gasteiger partial charge in [-0.15, -0.1) is 0 Å². The van der Waals surface area contributed by atoms with Crippen LogP contribution in [0, 0.1) is 18.6 Å². The van der Waals surface area contributed by atoms with Gasteiger partial charge in [0.15, 0.2) is 0 Å². The summed E-state index contributed by atoms with van der Waals surface area (Å²) in [7, 11) is 0. The molecule has 0 aliphatic rings. The van der Waals surface area contributed by atoms with Crippen LogP contribution in [0.25, 0.3) is 0 Å². The van der Waals surface area contributed by atoms with E-state index < -0.39 is 23.4 Å². The number of rotatable bonds is 5. The van der Waals surface area contributed by atoms with Crippen molar-refractivity contribution in [3.8, 4) is 0 Å². The number of amides is 2. The molecule has 2 aromatic carbocycles. The topological polar surface area (TPSA) is 58.2 Å². The SMILES string of the molecule is Cc1ccc(F)c(NC(=O)CCNC(=O)c2ccc(F)cc2Cl)c1. The first-order chi connectivity index (χ1) is 11.4. The van der Waals surface area contributed by atoms with E-state index in [2.05, 4.69) is 10.6 Å². The summed E-state index contributed by atoms with van der Waals surface area (Å²) in [5, 5.41) is 4.93. The van der Waals surface area contributed by atoms with E-state index in [0.29, 0.717) is 0 Å². The molecule has 0 saturated carbocycles. The van der Waals surface area contributed by atoms with Crippen molar-refractivity contribution >= 4 is 29.1 Å². The maximum absolute atomic E-state index is 13.5. The van der Waals surface area contributed by atoms with Crippen molar-refractivity contribution in [2.24, 2.45) is 0 Å². The monoisotopic (exact) mass is 352 g/mol. The fourth-order valence-corrected chi connectivity index (χ4v) is 2.26. The summed E-state index contributed by atoms with van der Waals surface area (Å²) in [5.41, 5.74) is 1.02. The lowest BCUT2D eigenvalue weighted by Crippen LogP contribution is -2.28. The third-order valence-corrected chi connectivity index (χ3v) is 3.52. The first-order valence-electron chi connectivity index (χ1n) is 7.16. The van der Waals surface area contributed by atoms with E-state index in [9.17, 15) is 18.4 Å². The number of nitrogens with one attached hydrogen (secondary N) is 2. The second kappa shape index (κ2) is 7.88. The number of halogens is 3. The molecule has 0 atom stereocenters. The van der Waals surface area contributed by atoms with Gasteiger partial charge in [-0.05, 0) is 42.8 Å². The third-order valence-electron chi connectivity index (χ3n) is 3.21. The fourth-order valence-electron chi connectivity index (χ4n) is 2.01. The molecule has 2 aromatic rings. The van der Waals surface area contributed by atoms with E-state index in [1.54, 1.807) is 13.0 Å². The molecule has 0 aliphatic heterocycles. The molecule has 0 heterocycles. The maximum Gasteiger partial charge on any atom is 0.252 e. The van der Waals surface area contributed by atoms with Crippen LogP contribution in [-0.4, -0.2) is 18.4 Å². The number of hydrogen-bond donors (Lipinski definition) is 2. The predicted octanol–water partition coefficient (Wildman–Crippen LogP) is 3.69. The summed E-state index contributed by atoms with van der Waals surface area (Å²) in [6, 6.07) is 7.79. The fraction of sp³-hybridized carbons (Fsp3) is 0.176. The van der Waals surface area contributed by atoms with E-state index >= 15 is 0 Å². The van der Waals surface area contributed by atoms with Crippen molar-refractivity contribution in [3.63, 3.8) is 0 Å². The minimum absolute atomic E-state index is 0.0150. The molecule has 0 unspecified atom stereocenters. The highest BCUT2D eigenvalue weighted by Gasteiger charge is 2.12. The lowest BCUT2D eigenvalue weighted by Gasteiger charge is -2.09. The van der Waals surface area contributed by atoms with Crippen LogP contribution in [0.3, 0.4) is 0 Å². The van der Waals surface area contributed by atoms with Gasteiger partial charge in [0.25, 0.3) is 5.91 Å². The van der Waals surface area contributed by atoms with Gasteiger partial charge >= 0.3 is 0 Å². The number of carbonyl (C=O) groups is 2. The summed E-state index contributed by atoms with van der Waals surface area (Å²) in [5.74, 6) is -2.04. The highest BCUT2D eigenvalue weighted by atomic mass is 35.5. The molecule has 0 spiro atoms. The molecular weight excluding hydrogens is 338 g/mol. The van der Waals surface area contributed by atoms with Gasteiger partial charge in [-0.25, -0.2) is 8.78 Å². The zero-order valence-electron chi connectivity index (χ0n) is 12.8. The van der Waals surface area contributed by atoms with Crippen LogP contribution in [0.4, 0.5) is 14.5 Å². The maximum atomic E-state index is 13.5. The molecule has 0 fully saturated rings. The van der Waals surface area contributed by atoms with Gasteiger partial charge in [0.1, 0.15) is 11.6 Å². The second-order valence-corrected chi connectivity index (χ2v) is 5.57. The Morgan fingerprint density at radius 1 is 1.12 bits per heavy atom. The first-order valence-corrected chi connectivity index (χ1v) is 7.54. The Morgan fingerprint density at radius 3 is 2.58 bits per heavy atom. The minimum atomic E-state index is -0.545. The van der Waals surface area contributed by atoms with Crippen LogP contribution >= 0.6 is 11.6 Å². The normalized spacial score (nSPS) is 10.3. The summed E-state index contributed by atoms with van der Waals surface area (Å²) in [6.45, 7) is 1.81. The number of anilines is 1. The molecule has 126 valence electrons. The molecule has 0 aromatic heterocycles. The van der Waals surface area contributed by atoms with Gasteiger partial charge in [-0.1, -0.05) is 17.7 Å². The quantitative estimate of drug-likeness (QED) is 0.862. The third kappa shape index (κ3) is 4.76. The highest BCUT2D eigenvalue weighted by Crippen LogP contribution is 2.17. The van der Waals surface area contributed by atoms with Crippen molar-refractivity contribution in [2.75, 3.05) is 11.9 Å². The molecular formula is C17H15ClF2N2O2. The molecule has 0 bridgehead atoms. The molecule has 4 nitrogen and oxygen atoms in total. The summed E-state index contributed by atoms with van der Waals surface area (Å²) >= 11 is 5.78. The second-order valence-electron chi connectivity index (χ2n) is 5.16. The largest absolute Gasteiger partial charge is 0.351 e. The Balaban J connectivity index is 1.86. The number of carbonyl (C=O) groups excluding carboxylic acids is 2. The molecule has 0 saturated heterocycles. The lowest BCUT2D eigenvalue weighted by molar-refractivity contribution is -0.116. The van der Waals surface area contributed by atoms with Gasteiger partial charge in [0, 0.05) is 13.0 Å². The average Bonchev–Trinajstić information content (AvgIpc) is 2.50. The molecule has 0 radical (unpaired) electrons. The average molecular weight is 353 g/mol. The van der Waals surface area contributed by atoms with Crippen LogP contribution in [-0.2, 0) is 4.79 Å². The van der Waals surface area contributed by atoms with E-state index in [1.807, 2.05) is 0 Å². The van der Waals surface area contributed by atoms with E-state index in [0.717, 1.165) is 17.7 Å². The molecule has 2 N–H and O–H groups in total. The van der Waals surface area contributed by atoms with Crippen molar-refractivity contribution in [3.05, 3.63) is 64.2 Å². The zero-order valence-corrected chi connectivity index (χ0v) is 13.6. The standard InChI is InChI=1S/C17H15ClF2N2O2/c1-10-2-5-14(20)15(8-10)22-16(23)6-7-21-17(24)12-4-3-11(19)9-13(12)18/h2-5,8-9H,6-7H2,1H3,(H,21,24)(H,22,23). The Hall–Kier alpha value is -2.47. The van der Waals surface area contributed by atoms with Gasteiger partial charge in [0.05, 0.1) is 16.3 Å². The number of aryl methyl sites for hydroxylation is 1. The van der Waals surface area contributed by atoms with Crippen LogP contribution < -0.4 is 10.6 Å². The number of hydrogen-bond acceptors (Lipinski definition) is 2. The van der Waals surface area contributed by atoms with Crippen LogP contribution in [0.15, 0.2) is 36.4 Å². The van der Waals surface area contributed by atoms with Gasteiger partial charge in [-0.3, -0.25) is 9.59 Å². The molecule has 24 heavy (non-hydrogen) atoms. The Morgan fingerprint density at radius 2 is 1.88 bits per heavy atom. The van der Waals surface area contributed by atoms with E-state index in [1.165, 1.54) is 18.2 Å². The van der Waals surface area contributed by atoms with Gasteiger partial charge < -0.3 is 10.6 Å².